The maximum atomic E-state index is 12.0. The SMILES string of the molecule is CCCc1c(-c2cccnc2)c(C(N)=O)c(C)n1C1CC1. The Morgan fingerprint density at radius 3 is 2.76 bits per heavy atom. The number of hydrogen-bond donors (Lipinski definition) is 1. The maximum absolute atomic E-state index is 12.0. The Labute approximate surface area is 125 Å². The highest BCUT2D eigenvalue weighted by molar-refractivity contribution is 6.02. The zero-order valence-corrected chi connectivity index (χ0v) is 12.6. The van der Waals surface area contributed by atoms with Gasteiger partial charge in [0, 0.05) is 41.0 Å². The first-order valence-corrected chi connectivity index (χ1v) is 7.59. The largest absolute Gasteiger partial charge is 0.366 e. The molecule has 2 N–H and O–H groups in total. The molecule has 0 aromatic carbocycles. The second-order valence-corrected chi connectivity index (χ2v) is 5.74. The van der Waals surface area contributed by atoms with Crippen LogP contribution in [0, 0.1) is 6.92 Å². The standard InChI is InChI=1S/C17H21N3O/c1-3-5-14-16(12-6-4-9-19-10-12)15(17(18)21)11(2)20(14)13-7-8-13/h4,6,9-10,13H,3,5,7-8H2,1-2H3,(H2,18,21). The van der Waals surface area contributed by atoms with Gasteiger partial charge in [0.1, 0.15) is 0 Å². The van der Waals surface area contributed by atoms with Crippen molar-refractivity contribution in [2.24, 2.45) is 5.73 Å². The average Bonchev–Trinajstić information content (AvgIpc) is 3.25. The number of amides is 1. The highest BCUT2D eigenvalue weighted by Crippen LogP contribution is 2.43. The molecule has 2 aromatic heterocycles. The first kappa shape index (κ1) is 13.9. The van der Waals surface area contributed by atoms with E-state index in [9.17, 15) is 4.79 Å². The summed E-state index contributed by atoms with van der Waals surface area (Å²) in [5.74, 6) is -0.344. The second-order valence-electron chi connectivity index (χ2n) is 5.74. The van der Waals surface area contributed by atoms with E-state index < -0.39 is 0 Å². The van der Waals surface area contributed by atoms with Crippen molar-refractivity contribution in [2.75, 3.05) is 0 Å². The smallest absolute Gasteiger partial charge is 0.251 e. The molecule has 2 heterocycles. The Morgan fingerprint density at radius 1 is 1.48 bits per heavy atom. The summed E-state index contributed by atoms with van der Waals surface area (Å²) < 4.78 is 2.34. The Bertz CT molecular complexity index is 669. The van der Waals surface area contributed by atoms with E-state index in [1.54, 1.807) is 6.20 Å². The van der Waals surface area contributed by atoms with Gasteiger partial charge in [-0.25, -0.2) is 0 Å². The predicted octanol–water partition coefficient (Wildman–Crippen LogP) is 3.24. The van der Waals surface area contributed by atoms with Crippen LogP contribution >= 0.6 is 0 Å². The predicted molar refractivity (Wildman–Crippen MR) is 83.2 cm³/mol. The molecule has 110 valence electrons. The number of nitrogens with two attached hydrogens (primary N) is 1. The molecule has 0 aliphatic heterocycles. The van der Waals surface area contributed by atoms with E-state index in [1.807, 2.05) is 25.3 Å². The van der Waals surface area contributed by atoms with Gasteiger partial charge < -0.3 is 10.3 Å². The lowest BCUT2D eigenvalue weighted by molar-refractivity contribution is 0.1000. The second kappa shape index (κ2) is 5.35. The van der Waals surface area contributed by atoms with Crippen LogP contribution in [0.3, 0.4) is 0 Å². The Hall–Kier alpha value is -2.10. The van der Waals surface area contributed by atoms with Gasteiger partial charge in [0.15, 0.2) is 0 Å². The molecule has 1 amide bonds. The van der Waals surface area contributed by atoms with Crippen molar-refractivity contribution in [3.8, 4) is 11.1 Å². The van der Waals surface area contributed by atoms with Crippen LogP contribution in [0.15, 0.2) is 24.5 Å². The molecular weight excluding hydrogens is 262 g/mol. The number of carbonyl (C=O) groups excluding carboxylic acids is 1. The Balaban J connectivity index is 2.29. The highest BCUT2D eigenvalue weighted by atomic mass is 16.1. The summed E-state index contributed by atoms with van der Waals surface area (Å²) in [7, 11) is 0. The van der Waals surface area contributed by atoms with Crippen LogP contribution in [0.25, 0.3) is 11.1 Å². The molecule has 1 aliphatic carbocycles. The summed E-state index contributed by atoms with van der Waals surface area (Å²) in [6.45, 7) is 4.17. The van der Waals surface area contributed by atoms with Crippen molar-refractivity contribution in [3.63, 3.8) is 0 Å². The lowest BCUT2D eigenvalue weighted by Crippen LogP contribution is -2.13. The lowest BCUT2D eigenvalue weighted by atomic mass is 9.99. The fraction of sp³-hybridized carbons (Fsp3) is 0.412. The number of aromatic nitrogens is 2. The van der Waals surface area contributed by atoms with Gasteiger partial charge in [-0.2, -0.15) is 0 Å². The third-order valence-electron chi connectivity index (χ3n) is 4.15. The lowest BCUT2D eigenvalue weighted by Gasteiger charge is -2.11. The number of rotatable bonds is 5. The number of hydrogen-bond acceptors (Lipinski definition) is 2. The van der Waals surface area contributed by atoms with Gasteiger partial charge in [-0.3, -0.25) is 9.78 Å². The molecule has 4 nitrogen and oxygen atoms in total. The minimum absolute atomic E-state index is 0.344. The van der Waals surface area contributed by atoms with Crippen LogP contribution in [0.2, 0.25) is 0 Å². The number of pyridine rings is 1. The summed E-state index contributed by atoms with van der Waals surface area (Å²) in [6.07, 6.45) is 7.94. The van der Waals surface area contributed by atoms with Crippen molar-refractivity contribution >= 4 is 5.91 Å². The van der Waals surface area contributed by atoms with Crippen LogP contribution in [-0.2, 0) is 6.42 Å². The van der Waals surface area contributed by atoms with Crippen LogP contribution in [0.1, 0.15) is 54.0 Å². The van der Waals surface area contributed by atoms with Gasteiger partial charge in [0.2, 0.25) is 0 Å². The normalized spacial score (nSPS) is 14.4. The summed E-state index contributed by atoms with van der Waals surface area (Å²) in [4.78, 5) is 16.2. The molecule has 0 saturated heterocycles. The topological polar surface area (TPSA) is 60.9 Å². The van der Waals surface area contributed by atoms with Gasteiger partial charge in [0.25, 0.3) is 5.91 Å². The molecule has 4 heteroatoms. The van der Waals surface area contributed by atoms with Crippen LogP contribution in [0.5, 0.6) is 0 Å². The summed E-state index contributed by atoms with van der Waals surface area (Å²) in [5, 5.41) is 0. The molecule has 1 saturated carbocycles. The minimum Gasteiger partial charge on any atom is -0.366 e. The molecular formula is C17H21N3O. The fourth-order valence-corrected chi connectivity index (χ4v) is 3.20. The molecule has 0 atom stereocenters. The van der Waals surface area contributed by atoms with Gasteiger partial charge >= 0.3 is 0 Å². The molecule has 0 unspecified atom stereocenters. The first-order valence-electron chi connectivity index (χ1n) is 7.59. The van der Waals surface area contributed by atoms with Gasteiger partial charge in [0.05, 0.1) is 5.56 Å². The molecule has 3 rings (SSSR count). The van der Waals surface area contributed by atoms with E-state index in [4.69, 9.17) is 5.73 Å². The van der Waals surface area contributed by atoms with E-state index in [0.29, 0.717) is 11.6 Å². The first-order chi connectivity index (χ1) is 10.1. The average molecular weight is 283 g/mol. The summed E-state index contributed by atoms with van der Waals surface area (Å²) in [6, 6.07) is 4.44. The highest BCUT2D eigenvalue weighted by Gasteiger charge is 2.32. The van der Waals surface area contributed by atoms with Crippen molar-refractivity contribution in [3.05, 3.63) is 41.5 Å². The van der Waals surface area contributed by atoms with Gasteiger partial charge in [-0.15, -0.1) is 0 Å². The van der Waals surface area contributed by atoms with Gasteiger partial charge in [-0.05, 0) is 32.3 Å². The van der Waals surface area contributed by atoms with Crippen molar-refractivity contribution < 1.29 is 4.79 Å². The van der Waals surface area contributed by atoms with E-state index in [-0.39, 0.29) is 5.91 Å². The third-order valence-corrected chi connectivity index (χ3v) is 4.15. The Kier molecular flexibility index (Phi) is 3.53. The van der Waals surface area contributed by atoms with Crippen molar-refractivity contribution in [1.82, 2.24) is 9.55 Å². The zero-order valence-electron chi connectivity index (χ0n) is 12.6. The molecule has 0 bridgehead atoms. The Morgan fingerprint density at radius 2 is 2.24 bits per heavy atom. The molecule has 2 aromatic rings. The summed E-state index contributed by atoms with van der Waals surface area (Å²) in [5.41, 5.74) is 10.6. The molecule has 1 aliphatic rings. The fourth-order valence-electron chi connectivity index (χ4n) is 3.20. The van der Waals surface area contributed by atoms with Crippen LogP contribution in [-0.4, -0.2) is 15.5 Å². The van der Waals surface area contributed by atoms with E-state index in [2.05, 4.69) is 16.5 Å². The van der Waals surface area contributed by atoms with Crippen LogP contribution in [0.4, 0.5) is 0 Å². The van der Waals surface area contributed by atoms with Crippen molar-refractivity contribution in [1.29, 1.82) is 0 Å². The van der Waals surface area contributed by atoms with E-state index in [1.165, 1.54) is 18.5 Å². The zero-order chi connectivity index (χ0) is 15.0. The monoisotopic (exact) mass is 283 g/mol. The number of nitrogens with zero attached hydrogens (tertiary/aromatic N) is 2. The third kappa shape index (κ3) is 2.35. The molecule has 0 spiro atoms. The molecule has 1 fully saturated rings. The van der Waals surface area contributed by atoms with Gasteiger partial charge in [-0.1, -0.05) is 19.4 Å². The van der Waals surface area contributed by atoms with Crippen molar-refractivity contribution in [2.45, 2.75) is 45.6 Å². The minimum atomic E-state index is -0.344. The van der Waals surface area contributed by atoms with Crippen LogP contribution < -0.4 is 5.73 Å². The molecule has 0 radical (unpaired) electrons. The number of carbonyl (C=O) groups is 1. The summed E-state index contributed by atoms with van der Waals surface area (Å²) >= 11 is 0. The quantitative estimate of drug-likeness (QED) is 0.915. The molecule has 21 heavy (non-hydrogen) atoms. The number of primary amides is 1. The van der Waals surface area contributed by atoms with E-state index >= 15 is 0 Å². The maximum Gasteiger partial charge on any atom is 0.251 e. The van der Waals surface area contributed by atoms with E-state index in [0.717, 1.165) is 29.7 Å².